The monoisotopic (exact) mass is 341 g/mol. The Labute approximate surface area is 144 Å². The van der Waals surface area contributed by atoms with Crippen molar-refractivity contribution in [2.24, 2.45) is 0 Å². The molecule has 0 bridgehead atoms. The van der Waals surface area contributed by atoms with E-state index in [2.05, 4.69) is 9.97 Å². The van der Waals surface area contributed by atoms with Crippen LogP contribution in [0.15, 0.2) is 24.4 Å². The average molecular weight is 341 g/mol. The summed E-state index contributed by atoms with van der Waals surface area (Å²) < 4.78 is 12.4. The zero-order valence-electron chi connectivity index (χ0n) is 14.1. The summed E-state index contributed by atoms with van der Waals surface area (Å²) in [6.07, 6.45) is 1.64. The summed E-state index contributed by atoms with van der Waals surface area (Å²) in [5.41, 5.74) is 7.63. The molecule has 130 valence electrons. The lowest BCUT2D eigenvalue weighted by atomic mass is 10.2. The van der Waals surface area contributed by atoms with Crippen molar-refractivity contribution in [2.45, 2.75) is 13.0 Å². The fourth-order valence-electron chi connectivity index (χ4n) is 3.18. The van der Waals surface area contributed by atoms with E-state index in [0.29, 0.717) is 42.4 Å². The van der Waals surface area contributed by atoms with Gasteiger partial charge in [-0.05, 0) is 19.1 Å². The Morgan fingerprint density at radius 2 is 2.24 bits per heavy atom. The van der Waals surface area contributed by atoms with Crippen LogP contribution in [0.1, 0.15) is 17.4 Å². The lowest BCUT2D eigenvalue weighted by Gasteiger charge is -2.32. The van der Waals surface area contributed by atoms with Gasteiger partial charge in [0.2, 0.25) is 5.95 Å². The van der Waals surface area contributed by atoms with Gasteiger partial charge in [0.25, 0.3) is 5.91 Å². The topological polar surface area (TPSA) is 95.0 Å². The van der Waals surface area contributed by atoms with E-state index in [1.165, 1.54) is 0 Å². The van der Waals surface area contributed by atoms with Crippen molar-refractivity contribution in [3.63, 3.8) is 0 Å². The number of anilines is 1. The first-order chi connectivity index (χ1) is 12.1. The normalized spacial score (nSPS) is 18.0. The third-order valence-electron chi connectivity index (χ3n) is 4.49. The van der Waals surface area contributed by atoms with E-state index in [-0.39, 0.29) is 17.9 Å². The molecule has 8 heteroatoms. The van der Waals surface area contributed by atoms with Crippen LogP contribution in [0.3, 0.4) is 0 Å². The van der Waals surface area contributed by atoms with Gasteiger partial charge in [0.15, 0.2) is 0 Å². The molecule has 4 rings (SSSR count). The number of amides is 1. The highest BCUT2D eigenvalue weighted by Gasteiger charge is 2.27. The number of methoxy groups -OCH3 is 1. The minimum Gasteiger partial charge on any atom is -0.494 e. The number of hydrogen-bond acceptors (Lipinski definition) is 6. The molecule has 1 aliphatic heterocycles. The second-order valence-electron chi connectivity index (χ2n) is 6.07. The second-order valence-corrected chi connectivity index (χ2v) is 6.07. The van der Waals surface area contributed by atoms with Gasteiger partial charge < -0.3 is 20.1 Å². The van der Waals surface area contributed by atoms with Crippen molar-refractivity contribution in [2.75, 3.05) is 32.6 Å². The van der Waals surface area contributed by atoms with Crippen LogP contribution in [-0.2, 0) is 4.74 Å². The van der Waals surface area contributed by atoms with Crippen LogP contribution in [0.5, 0.6) is 5.75 Å². The smallest absolute Gasteiger partial charge is 0.274 e. The highest BCUT2D eigenvalue weighted by atomic mass is 16.5. The van der Waals surface area contributed by atoms with Crippen LogP contribution in [0.4, 0.5) is 5.95 Å². The lowest BCUT2D eigenvalue weighted by molar-refractivity contribution is 0.00331. The van der Waals surface area contributed by atoms with Gasteiger partial charge in [0, 0.05) is 18.1 Å². The molecule has 0 saturated carbocycles. The number of nitrogens with two attached hydrogens (primary N) is 1. The van der Waals surface area contributed by atoms with Gasteiger partial charge in [-0.1, -0.05) is 6.07 Å². The summed E-state index contributed by atoms with van der Waals surface area (Å²) in [5.74, 6) is 0.743. The summed E-state index contributed by atoms with van der Waals surface area (Å²) in [4.78, 5) is 23.6. The fraction of sp³-hybridized carbons (Fsp3) is 0.353. The number of hydrogen-bond donors (Lipinski definition) is 1. The molecular weight excluding hydrogens is 322 g/mol. The first-order valence-corrected chi connectivity index (χ1v) is 8.10. The number of carbonyl (C=O) groups is 1. The van der Waals surface area contributed by atoms with Crippen LogP contribution >= 0.6 is 0 Å². The number of fused-ring (bicyclic) bond motifs is 3. The van der Waals surface area contributed by atoms with Gasteiger partial charge in [0.1, 0.15) is 22.6 Å². The van der Waals surface area contributed by atoms with Crippen molar-refractivity contribution in [3.8, 4) is 5.75 Å². The van der Waals surface area contributed by atoms with Crippen molar-refractivity contribution in [1.29, 1.82) is 0 Å². The highest BCUT2D eigenvalue weighted by molar-refractivity contribution is 5.99. The number of para-hydroxylation sites is 1. The number of ether oxygens (including phenoxy) is 2. The molecule has 1 saturated heterocycles. The van der Waals surface area contributed by atoms with E-state index >= 15 is 0 Å². The van der Waals surface area contributed by atoms with E-state index < -0.39 is 0 Å². The molecule has 2 N–H and O–H groups in total. The first-order valence-electron chi connectivity index (χ1n) is 8.10. The molecule has 0 aliphatic carbocycles. The number of aromatic nitrogens is 3. The first kappa shape index (κ1) is 15.6. The van der Waals surface area contributed by atoms with Crippen LogP contribution < -0.4 is 10.5 Å². The molecule has 3 heterocycles. The van der Waals surface area contributed by atoms with Crippen molar-refractivity contribution in [1.82, 2.24) is 19.3 Å². The van der Waals surface area contributed by atoms with E-state index in [4.69, 9.17) is 15.2 Å². The summed E-state index contributed by atoms with van der Waals surface area (Å²) in [7, 11) is 1.58. The quantitative estimate of drug-likeness (QED) is 0.756. The largest absolute Gasteiger partial charge is 0.494 e. The average Bonchev–Trinajstić information content (AvgIpc) is 3.07. The maximum atomic E-state index is 12.9. The zero-order chi connectivity index (χ0) is 17.6. The zero-order valence-corrected chi connectivity index (χ0v) is 14.1. The molecule has 25 heavy (non-hydrogen) atoms. The van der Waals surface area contributed by atoms with Gasteiger partial charge in [-0.3, -0.25) is 9.20 Å². The number of rotatable bonds is 2. The predicted octanol–water partition coefficient (Wildman–Crippen LogP) is 1.33. The van der Waals surface area contributed by atoms with Gasteiger partial charge in [-0.25, -0.2) is 9.97 Å². The number of benzene rings is 1. The van der Waals surface area contributed by atoms with Gasteiger partial charge in [-0.15, -0.1) is 0 Å². The second kappa shape index (κ2) is 5.89. The van der Waals surface area contributed by atoms with Crippen LogP contribution in [0.25, 0.3) is 16.6 Å². The Morgan fingerprint density at radius 1 is 1.40 bits per heavy atom. The molecule has 1 atom stereocenters. The van der Waals surface area contributed by atoms with Crippen molar-refractivity contribution in [3.05, 3.63) is 30.1 Å². The Balaban J connectivity index is 1.86. The highest BCUT2D eigenvalue weighted by Crippen LogP contribution is 2.28. The van der Waals surface area contributed by atoms with E-state index in [9.17, 15) is 4.79 Å². The Kier molecular flexibility index (Phi) is 3.69. The molecule has 1 unspecified atom stereocenters. The molecule has 1 fully saturated rings. The molecule has 0 radical (unpaired) electrons. The van der Waals surface area contributed by atoms with Crippen molar-refractivity contribution < 1.29 is 14.3 Å². The number of imidazole rings is 1. The maximum absolute atomic E-state index is 12.9. The minimum atomic E-state index is -0.130. The maximum Gasteiger partial charge on any atom is 0.274 e. The Bertz CT molecular complexity index is 968. The number of carbonyl (C=O) groups excluding carboxylic acids is 1. The Hall–Kier alpha value is -2.87. The molecule has 1 amide bonds. The van der Waals surface area contributed by atoms with Crippen LogP contribution in [0, 0.1) is 0 Å². The number of nitrogens with zero attached hydrogens (tertiary/aromatic N) is 4. The number of morpholine rings is 1. The molecule has 1 aromatic carbocycles. The van der Waals surface area contributed by atoms with Crippen molar-refractivity contribution >= 4 is 28.4 Å². The molecular formula is C17H19N5O3. The third-order valence-corrected chi connectivity index (χ3v) is 4.49. The third kappa shape index (κ3) is 2.45. The van der Waals surface area contributed by atoms with Crippen LogP contribution in [-0.4, -0.2) is 58.1 Å². The number of nitrogen functional groups attached to an aromatic ring is 1. The summed E-state index contributed by atoms with van der Waals surface area (Å²) in [5, 5.41) is 0.780. The van der Waals surface area contributed by atoms with E-state index in [1.807, 2.05) is 25.1 Å². The Morgan fingerprint density at radius 3 is 3.00 bits per heavy atom. The standard InChI is InChI=1S/C17H19N5O3/c1-10-9-25-7-6-21(10)16(23)12-8-22-15(19-12)11-4-3-5-13(24-2)14(11)20-17(22)18/h3-5,8,10H,6-7,9H2,1-2H3,(H2,18,20). The lowest BCUT2D eigenvalue weighted by Crippen LogP contribution is -2.47. The molecule has 2 aromatic heterocycles. The van der Waals surface area contributed by atoms with E-state index in [1.54, 1.807) is 22.6 Å². The predicted molar refractivity (Wildman–Crippen MR) is 92.8 cm³/mol. The SMILES string of the molecule is COc1cccc2c1nc(N)n1cc(C(=O)N3CCOCC3C)nc21. The van der Waals surface area contributed by atoms with Gasteiger partial charge >= 0.3 is 0 Å². The summed E-state index contributed by atoms with van der Waals surface area (Å²) >= 11 is 0. The summed E-state index contributed by atoms with van der Waals surface area (Å²) in [6.45, 7) is 3.58. The fourth-order valence-corrected chi connectivity index (χ4v) is 3.18. The van der Waals surface area contributed by atoms with Gasteiger partial charge in [0.05, 0.1) is 26.4 Å². The molecule has 0 spiro atoms. The summed E-state index contributed by atoms with van der Waals surface area (Å²) in [6, 6.07) is 5.58. The molecule has 1 aliphatic rings. The van der Waals surface area contributed by atoms with E-state index in [0.717, 1.165) is 5.39 Å². The molecule has 3 aromatic rings. The minimum absolute atomic E-state index is 0.0124. The molecule has 8 nitrogen and oxygen atoms in total. The van der Waals surface area contributed by atoms with Crippen LogP contribution in [0.2, 0.25) is 0 Å². The van der Waals surface area contributed by atoms with Gasteiger partial charge in [-0.2, -0.15) is 0 Å².